The first kappa shape index (κ1) is 16.4. The van der Waals surface area contributed by atoms with E-state index in [0.29, 0.717) is 17.1 Å². The monoisotopic (exact) mass is 313 g/mol. The molecule has 6 heteroatoms. The van der Waals surface area contributed by atoms with Crippen LogP contribution in [0.25, 0.3) is 0 Å². The SMILES string of the molecule is COc1ccc(NC(=O)NCC(=O)Nc2cccc(C)c2)cc1. The lowest BCUT2D eigenvalue weighted by molar-refractivity contribution is -0.115. The molecule has 0 saturated carbocycles. The third kappa shape index (κ3) is 5.35. The summed E-state index contributed by atoms with van der Waals surface area (Å²) < 4.78 is 5.04. The molecule has 3 amide bonds. The number of aryl methyl sites for hydroxylation is 1. The van der Waals surface area contributed by atoms with E-state index < -0.39 is 6.03 Å². The summed E-state index contributed by atoms with van der Waals surface area (Å²) >= 11 is 0. The molecule has 2 rings (SSSR count). The molecule has 3 N–H and O–H groups in total. The van der Waals surface area contributed by atoms with E-state index in [4.69, 9.17) is 4.74 Å². The highest BCUT2D eigenvalue weighted by Gasteiger charge is 2.06. The minimum absolute atomic E-state index is 0.115. The van der Waals surface area contributed by atoms with E-state index in [1.807, 2.05) is 25.1 Å². The molecule has 6 nitrogen and oxygen atoms in total. The molecule has 0 atom stereocenters. The molecule has 0 heterocycles. The number of carbonyl (C=O) groups excluding carboxylic acids is 2. The number of rotatable bonds is 5. The van der Waals surface area contributed by atoms with Crippen molar-refractivity contribution in [2.24, 2.45) is 0 Å². The van der Waals surface area contributed by atoms with Crippen LogP contribution in [0.15, 0.2) is 48.5 Å². The number of ether oxygens (including phenoxy) is 1. The van der Waals surface area contributed by atoms with Gasteiger partial charge in [-0.2, -0.15) is 0 Å². The van der Waals surface area contributed by atoms with Crippen molar-refractivity contribution >= 4 is 23.3 Å². The van der Waals surface area contributed by atoms with Gasteiger partial charge in [-0.05, 0) is 48.9 Å². The van der Waals surface area contributed by atoms with Crippen molar-refractivity contribution in [3.8, 4) is 5.75 Å². The van der Waals surface area contributed by atoms with Crippen molar-refractivity contribution in [1.82, 2.24) is 5.32 Å². The average Bonchev–Trinajstić information content (AvgIpc) is 2.54. The molecule has 0 aliphatic rings. The summed E-state index contributed by atoms with van der Waals surface area (Å²) in [6.45, 7) is 1.83. The molecule has 2 aromatic carbocycles. The standard InChI is InChI=1S/C17H19N3O3/c1-12-4-3-5-14(10-12)19-16(21)11-18-17(22)20-13-6-8-15(23-2)9-7-13/h3-10H,11H2,1-2H3,(H,19,21)(H2,18,20,22). The van der Waals surface area contributed by atoms with Gasteiger partial charge < -0.3 is 20.7 Å². The summed E-state index contributed by atoms with van der Waals surface area (Å²) in [6.07, 6.45) is 0. The minimum atomic E-state index is -0.449. The first-order valence-electron chi connectivity index (χ1n) is 7.12. The van der Waals surface area contributed by atoms with Crippen LogP contribution in [-0.4, -0.2) is 25.6 Å². The zero-order valence-electron chi connectivity index (χ0n) is 13.1. The van der Waals surface area contributed by atoms with Crippen LogP contribution >= 0.6 is 0 Å². The van der Waals surface area contributed by atoms with Crippen LogP contribution in [0, 0.1) is 6.92 Å². The fourth-order valence-electron chi connectivity index (χ4n) is 1.94. The third-order valence-corrected chi connectivity index (χ3v) is 3.06. The number of hydrogen-bond donors (Lipinski definition) is 3. The summed E-state index contributed by atoms with van der Waals surface area (Å²) in [6, 6.07) is 13.9. The van der Waals surface area contributed by atoms with Gasteiger partial charge in [0.1, 0.15) is 5.75 Å². The number of benzene rings is 2. The van der Waals surface area contributed by atoms with Gasteiger partial charge in [-0.15, -0.1) is 0 Å². The average molecular weight is 313 g/mol. The van der Waals surface area contributed by atoms with Crippen LogP contribution < -0.4 is 20.7 Å². The van der Waals surface area contributed by atoms with Gasteiger partial charge in [0.05, 0.1) is 13.7 Å². The summed E-state index contributed by atoms with van der Waals surface area (Å²) in [5.41, 5.74) is 2.36. The van der Waals surface area contributed by atoms with Crippen LogP contribution in [0.5, 0.6) is 5.75 Å². The normalized spacial score (nSPS) is 9.83. The smallest absolute Gasteiger partial charge is 0.319 e. The van der Waals surface area contributed by atoms with E-state index in [1.54, 1.807) is 37.4 Å². The molecular weight excluding hydrogens is 294 g/mol. The number of methoxy groups -OCH3 is 1. The summed E-state index contributed by atoms with van der Waals surface area (Å²) in [5.74, 6) is 0.411. The number of hydrogen-bond acceptors (Lipinski definition) is 3. The topological polar surface area (TPSA) is 79.5 Å². The fourth-order valence-corrected chi connectivity index (χ4v) is 1.94. The second-order valence-electron chi connectivity index (χ2n) is 4.95. The van der Waals surface area contributed by atoms with Crippen molar-refractivity contribution in [3.63, 3.8) is 0 Å². The largest absolute Gasteiger partial charge is 0.497 e. The molecular formula is C17H19N3O3. The van der Waals surface area contributed by atoms with Gasteiger partial charge in [0, 0.05) is 11.4 Å². The van der Waals surface area contributed by atoms with E-state index in [9.17, 15) is 9.59 Å². The van der Waals surface area contributed by atoms with Crippen molar-refractivity contribution in [2.45, 2.75) is 6.92 Å². The minimum Gasteiger partial charge on any atom is -0.497 e. The second-order valence-corrected chi connectivity index (χ2v) is 4.95. The molecule has 0 saturated heterocycles. The molecule has 0 fully saturated rings. The van der Waals surface area contributed by atoms with E-state index >= 15 is 0 Å². The maximum atomic E-state index is 11.8. The van der Waals surface area contributed by atoms with E-state index in [0.717, 1.165) is 5.56 Å². The maximum Gasteiger partial charge on any atom is 0.319 e. The van der Waals surface area contributed by atoms with Gasteiger partial charge in [-0.25, -0.2) is 4.79 Å². The Morgan fingerprint density at radius 3 is 2.39 bits per heavy atom. The quantitative estimate of drug-likeness (QED) is 0.794. The van der Waals surface area contributed by atoms with Crippen molar-refractivity contribution in [1.29, 1.82) is 0 Å². The molecule has 23 heavy (non-hydrogen) atoms. The highest BCUT2D eigenvalue weighted by atomic mass is 16.5. The molecule has 0 aliphatic carbocycles. The van der Waals surface area contributed by atoms with Gasteiger partial charge in [0.25, 0.3) is 0 Å². The molecule has 0 bridgehead atoms. The van der Waals surface area contributed by atoms with Crippen molar-refractivity contribution in [2.75, 3.05) is 24.3 Å². The highest BCUT2D eigenvalue weighted by Crippen LogP contribution is 2.14. The Kier molecular flexibility index (Phi) is 5.57. The van der Waals surface area contributed by atoms with E-state index in [1.165, 1.54) is 0 Å². The van der Waals surface area contributed by atoms with Crippen LogP contribution in [0.1, 0.15) is 5.56 Å². The van der Waals surface area contributed by atoms with Gasteiger partial charge >= 0.3 is 6.03 Å². The number of carbonyl (C=O) groups is 2. The lowest BCUT2D eigenvalue weighted by atomic mass is 10.2. The Morgan fingerprint density at radius 2 is 1.74 bits per heavy atom. The molecule has 2 aromatic rings. The predicted octanol–water partition coefficient (Wildman–Crippen LogP) is 2.76. The third-order valence-electron chi connectivity index (χ3n) is 3.06. The Hall–Kier alpha value is -3.02. The molecule has 0 aromatic heterocycles. The maximum absolute atomic E-state index is 11.8. The summed E-state index contributed by atoms with van der Waals surface area (Å²) in [7, 11) is 1.57. The predicted molar refractivity (Wildman–Crippen MR) is 89.8 cm³/mol. The van der Waals surface area contributed by atoms with Gasteiger partial charge in [0.15, 0.2) is 0 Å². The van der Waals surface area contributed by atoms with Crippen LogP contribution in [0.3, 0.4) is 0 Å². The van der Waals surface area contributed by atoms with Crippen LogP contribution in [0.2, 0.25) is 0 Å². The zero-order valence-corrected chi connectivity index (χ0v) is 13.1. The number of urea groups is 1. The fraction of sp³-hybridized carbons (Fsp3) is 0.176. The summed E-state index contributed by atoms with van der Waals surface area (Å²) in [4.78, 5) is 23.5. The summed E-state index contributed by atoms with van der Waals surface area (Å²) in [5, 5.41) is 7.86. The molecule has 0 unspecified atom stereocenters. The lowest BCUT2D eigenvalue weighted by Gasteiger charge is -2.09. The lowest BCUT2D eigenvalue weighted by Crippen LogP contribution is -2.35. The van der Waals surface area contributed by atoms with E-state index in [2.05, 4.69) is 16.0 Å². The van der Waals surface area contributed by atoms with E-state index in [-0.39, 0.29) is 12.5 Å². The molecule has 0 spiro atoms. The Labute approximate surface area is 134 Å². The number of nitrogens with one attached hydrogen (secondary N) is 3. The first-order chi connectivity index (χ1) is 11.1. The number of amides is 3. The van der Waals surface area contributed by atoms with Gasteiger partial charge in [-0.1, -0.05) is 12.1 Å². The molecule has 120 valence electrons. The van der Waals surface area contributed by atoms with Crippen molar-refractivity contribution < 1.29 is 14.3 Å². The van der Waals surface area contributed by atoms with Crippen LogP contribution in [-0.2, 0) is 4.79 Å². The molecule has 0 radical (unpaired) electrons. The Bertz CT molecular complexity index is 684. The van der Waals surface area contributed by atoms with Gasteiger partial charge in [0.2, 0.25) is 5.91 Å². The molecule has 0 aliphatic heterocycles. The highest BCUT2D eigenvalue weighted by molar-refractivity contribution is 5.96. The van der Waals surface area contributed by atoms with Gasteiger partial charge in [-0.3, -0.25) is 4.79 Å². The van der Waals surface area contributed by atoms with Crippen molar-refractivity contribution in [3.05, 3.63) is 54.1 Å². The second kappa shape index (κ2) is 7.84. The Morgan fingerprint density at radius 1 is 1.00 bits per heavy atom. The number of anilines is 2. The van der Waals surface area contributed by atoms with Crippen LogP contribution in [0.4, 0.5) is 16.2 Å². The first-order valence-corrected chi connectivity index (χ1v) is 7.12. The Balaban J connectivity index is 1.78. The zero-order chi connectivity index (χ0) is 16.7.